The zero-order valence-electron chi connectivity index (χ0n) is 12.8. The molecule has 0 radical (unpaired) electrons. The van der Waals surface area contributed by atoms with E-state index in [1.54, 1.807) is 0 Å². The molecule has 114 valence electrons. The zero-order chi connectivity index (χ0) is 15.1. The quantitative estimate of drug-likeness (QED) is 0.945. The van der Waals surface area contributed by atoms with Gasteiger partial charge in [0, 0.05) is 37.3 Å². The Hall–Kier alpha value is -2.10. The summed E-state index contributed by atoms with van der Waals surface area (Å²) in [5.41, 5.74) is 2.57. The lowest BCUT2D eigenvalue weighted by Crippen LogP contribution is -2.41. The molecule has 2 heterocycles. The van der Waals surface area contributed by atoms with Gasteiger partial charge >= 0.3 is 0 Å². The molecule has 1 N–H and O–H groups in total. The maximum absolute atomic E-state index is 12.5. The first-order chi connectivity index (χ1) is 10.7. The molecule has 1 aromatic heterocycles. The Bertz CT molecular complexity index is 706. The van der Waals surface area contributed by atoms with Gasteiger partial charge in [0.1, 0.15) is 5.82 Å². The maximum Gasteiger partial charge on any atom is 0.224 e. The van der Waals surface area contributed by atoms with Crippen LogP contribution in [-0.4, -0.2) is 21.5 Å². The van der Waals surface area contributed by atoms with Gasteiger partial charge in [-0.1, -0.05) is 29.8 Å². The van der Waals surface area contributed by atoms with Crippen LogP contribution in [0.1, 0.15) is 35.7 Å². The number of rotatable bonds is 3. The molecule has 2 aliphatic rings. The molecule has 0 spiro atoms. The summed E-state index contributed by atoms with van der Waals surface area (Å²) < 4.78 is 2.15. The van der Waals surface area contributed by atoms with E-state index in [2.05, 4.69) is 46.1 Å². The molecule has 22 heavy (non-hydrogen) atoms. The number of aryl methyl sites for hydroxylation is 2. The van der Waals surface area contributed by atoms with Crippen LogP contribution in [0.15, 0.2) is 36.7 Å². The van der Waals surface area contributed by atoms with E-state index in [0.717, 1.165) is 31.6 Å². The highest BCUT2D eigenvalue weighted by Gasteiger charge is 2.44. The lowest BCUT2D eigenvalue weighted by molar-refractivity contribution is -0.123. The van der Waals surface area contributed by atoms with Crippen LogP contribution < -0.4 is 5.32 Å². The molecule has 0 unspecified atom stereocenters. The van der Waals surface area contributed by atoms with Gasteiger partial charge in [-0.2, -0.15) is 0 Å². The van der Waals surface area contributed by atoms with Crippen LogP contribution in [-0.2, 0) is 17.8 Å². The zero-order valence-corrected chi connectivity index (χ0v) is 12.8. The van der Waals surface area contributed by atoms with E-state index >= 15 is 0 Å². The van der Waals surface area contributed by atoms with Gasteiger partial charge in [0.25, 0.3) is 0 Å². The molecule has 1 aliphatic carbocycles. The van der Waals surface area contributed by atoms with Gasteiger partial charge in [0.2, 0.25) is 5.91 Å². The predicted octanol–water partition coefficient (Wildman–Crippen LogP) is 2.43. The van der Waals surface area contributed by atoms with E-state index in [9.17, 15) is 4.79 Å². The lowest BCUT2D eigenvalue weighted by atomic mass is 10.0. The molecule has 1 fully saturated rings. The van der Waals surface area contributed by atoms with Crippen molar-refractivity contribution in [2.75, 3.05) is 0 Å². The first-order valence-corrected chi connectivity index (χ1v) is 8.07. The van der Waals surface area contributed by atoms with E-state index in [4.69, 9.17) is 0 Å². The van der Waals surface area contributed by atoms with Crippen molar-refractivity contribution in [1.82, 2.24) is 14.9 Å². The first-order valence-electron chi connectivity index (χ1n) is 8.07. The fraction of sp³-hybridized carbons (Fsp3) is 0.444. The van der Waals surface area contributed by atoms with Crippen molar-refractivity contribution in [1.29, 1.82) is 0 Å². The average Bonchev–Trinajstić information content (AvgIpc) is 3.18. The van der Waals surface area contributed by atoms with E-state index in [1.165, 1.54) is 11.1 Å². The van der Waals surface area contributed by atoms with Gasteiger partial charge in [0.15, 0.2) is 0 Å². The Morgan fingerprint density at radius 3 is 3.18 bits per heavy atom. The van der Waals surface area contributed by atoms with Gasteiger partial charge in [0.05, 0.1) is 0 Å². The van der Waals surface area contributed by atoms with Gasteiger partial charge < -0.3 is 9.88 Å². The molecule has 4 heteroatoms. The normalized spacial score (nSPS) is 26.3. The molecule has 2 aromatic rings. The van der Waals surface area contributed by atoms with E-state index in [1.807, 2.05) is 12.4 Å². The van der Waals surface area contributed by atoms with E-state index in [0.29, 0.717) is 5.92 Å². The van der Waals surface area contributed by atoms with Gasteiger partial charge in [-0.3, -0.25) is 4.79 Å². The molecule has 4 nitrogen and oxygen atoms in total. The second-order valence-corrected chi connectivity index (χ2v) is 6.60. The fourth-order valence-corrected chi connectivity index (χ4v) is 3.55. The van der Waals surface area contributed by atoms with E-state index in [-0.39, 0.29) is 17.9 Å². The standard InChI is InChI=1S/C18H21N3O/c1-12-3-2-4-13(9-12)15-10-16(15)18(22)20-14-5-6-17-19-7-8-21(17)11-14/h2-4,7-9,14-16H,5-6,10-11H2,1H3,(H,20,22)/t14-,15-,16+/m0/s1. The smallest absolute Gasteiger partial charge is 0.224 e. The number of benzene rings is 1. The van der Waals surface area contributed by atoms with Crippen molar-refractivity contribution < 1.29 is 4.79 Å². The van der Waals surface area contributed by atoms with Crippen LogP contribution in [0.4, 0.5) is 0 Å². The minimum Gasteiger partial charge on any atom is -0.351 e. The minimum atomic E-state index is 0.158. The predicted molar refractivity (Wildman–Crippen MR) is 84.5 cm³/mol. The number of hydrogen-bond donors (Lipinski definition) is 1. The summed E-state index contributed by atoms with van der Waals surface area (Å²) in [5.74, 6) is 1.92. The first kappa shape index (κ1) is 13.6. The van der Waals surface area contributed by atoms with Crippen molar-refractivity contribution in [3.63, 3.8) is 0 Å². The Morgan fingerprint density at radius 1 is 1.41 bits per heavy atom. The highest BCUT2D eigenvalue weighted by Crippen LogP contribution is 2.47. The number of nitrogens with zero attached hydrogens (tertiary/aromatic N) is 2. The average molecular weight is 295 g/mol. The third-order valence-corrected chi connectivity index (χ3v) is 4.88. The molecule has 3 atom stereocenters. The van der Waals surface area contributed by atoms with Gasteiger partial charge in [-0.25, -0.2) is 4.98 Å². The SMILES string of the molecule is Cc1cccc([C@@H]2C[C@H]2C(=O)N[C@H]2CCc3nccn3C2)c1. The maximum atomic E-state index is 12.5. The Labute approximate surface area is 130 Å². The number of carbonyl (C=O) groups excluding carboxylic acids is 1. The highest BCUT2D eigenvalue weighted by molar-refractivity contribution is 5.83. The summed E-state index contributed by atoms with van der Waals surface area (Å²) in [7, 11) is 0. The number of imidazole rings is 1. The van der Waals surface area contributed by atoms with E-state index < -0.39 is 0 Å². The molecule has 0 saturated heterocycles. The summed E-state index contributed by atoms with van der Waals surface area (Å²) in [5, 5.41) is 3.24. The van der Waals surface area contributed by atoms with Crippen LogP contribution in [0.25, 0.3) is 0 Å². The molecule has 1 aromatic carbocycles. The summed E-state index contributed by atoms with van der Waals surface area (Å²) in [6, 6.07) is 8.78. The number of nitrogens with one attached hydrogen (secondary N) is 1. The second-order valence-electron chi connectivity index (χ2n) is 6.60. The number of hydrogen-bond acceptors (Lipinski definition) is 2. The molecule has 1 amide bonds. The largest absolute Gasteiger partial charge is 0.351 e. The van der Waals surface area contributed by atoms with Crippen molar-refractivity contribution in [3.05, 3.63) is 53.6 Å². The number of aromatic nitrogens is 2. The van der Waals surface area contributed by atoms with Crippen molar-refractivity contribution in [2.45, 2.75) is 44.7 Å². The van der Waals surface area contributed by atoms with Crippen LogP contribution in [0.5, 0.6) is 0 Å². The Morgan fingerprint density at radius 2 is 2.32 bits per heavy atom. The Balaban J connectivity index is 1.36. The van der Waals surface area contributed by atoms with Crippen molar-refractivity contribution >= 4 is 5.91 Å². The third-order valence-electron chi connectivity index (χ3n) is 4.88. The number of fused-ring (bicyclic) bond motifs is 1. The molecule has 4 rings (SSSR count). The lowest BCUT2D eigenvalue weighted by Gasteiger charge is -2.24. The summed E-state index contributed by atoms with van der Waals surface area (Å²) in [6.45, 7) is 2.95. The third kappa shape index (κ3) is 2.54. The molecular weight excluding hydrogens is 274 g/mol. The van der Waals surface area contributed by atoms with Crippen molar-refractivity contribution in [3.8, 4) is 0 Å². The van der Waals surface area contributed by atoms with Gasteiger partial charge in [-0.05, 0) is 31.2 Å². The molecule has 1 aliphatic heterocycles. The monoisotopic (exact) mass is 295 g/mol. The van der Waals surface area contributed by atoms with Crippen LogP contribution >= 0.6 is 0 Å². The molecule has 1 saturated carbocycles. The summed E-state index contributed by atoms with van der Waals surface area (Å²) >= 11 is 0. The molecular formula is C18H21N3O. The summed E-state index contributed by atoms with van der Waals surface area (Å²) in [4.78, 5) is 16.8. The van der Waals surface area contributed by atoms with Crippen molar-refractivity contribution in [2.24, 2.45) is 5.92 Å². The van der Waals surface area contributed by atoms with Crippen LogP contribution in [0.3, 0.4) is 0 Å². The fourth-order valence-electron chi connectivity index (χ4n) is 3.55. The topological polar surface area (TPSA) is 46.9 Å². The summed E-state index contributed by atoms with van der Waals surface area (Å²) in [6.07, 6.45) is 6.77. The Kier molecular flexibility index (Phi) is 3.25. The van der Waals surface area contributed by atoms with Crippen LogP contribution in [0.2, 0.25) is 0 Å². The second kappa shape index (κ2) is 5.27. The minimum absolute atomic E-state index is 0.158. The number of carbonyl (C=O) groups is 1. The highest BCUT2D eigenvalue weighted by atomic mass is 16.2. The number of amides is 1. The molecule has 0 bridgehead atoms. The van der Waals surface area contributed by atoms with Gasteiger partial charge in [-0.15, -0.1) is 0 Å². The van der Waals surface area contributed by atoms with Crippen LogP contribution in [0, 0.1) is 12.8 Å².